The second kappa shape index (κ2) is 9.09. The molecule has 0 radical (unpaired) electrons. The van der Waals surface area contributed by atoms with E-state index < -0.39 is 11.8 Å². The smallest absolute Gasteiger partial charge is 0.229 e. The van der Waals surface area contributed by atoms with Crippen molar-refractivity contribution in [2.75, 3.05) is 23.4 Å². The van der Waals surface area contributed by atoms with E-state index in [1.54, 1.807) is 29.2 Å². The molecule has 1 aliphatic rings. The van der Waals surface area contributed by atoms with E-state index >= 15 is 0 Å². The fourth-order valence-corrected chi connectivity index (χ4v) is 3.32. The van der Waals surface area contributed by atoms with Crippen LogP contribution in [0, 0.1) is 12.8 Å². The Morgan fingerprint density at radius 3 is 2.62 bits per heavy atom. The van der Waals surface area contributed by atoms with E-state index in [1.165, 1.54) is 0 Å². The summed E-state index contributed by atoms with van der Waals surface area (Å²) in [6, 6.07) is 12.5. The number of amides is 3. The number of anilines is 2. The van der Waals surface area contributed by atoms with E-state index in [1.807, 2.05) is 25.1 Å². The Morgan fingerprint density at radius 1 is 1.24 bits per heavy atom. The van der Waals surface area contributed by atoms with Crippen molar-refractivity contribution in [1.29, 1.82) is 0 Å². The van der Waals surface area contributed by atoms with Crippen LogP contribution in [-0.4, -0.2) is 30.9 Å². The summed E-state index contributed by atoms with van der Waals surface area (Å²) in [4.78, 5) is 37.4. The molecular weight excluding hydrogens is 438 g/mol. The van der Waals surface area contributed by atoms with Gasteiger partial charge in [-0.25, -0.2) is 0 Å². The SMILES string of the molecule is Cc1cc(N2CC(C(=O)Nc3ccc(OCCC(N)=O)cc3)CC2=O)ccc1Br. The highest BCUT2D eigenvalue weighted by atomic mass is 79.9. The van der Waals surface area contributed by atoms with Gasteiger partial charge in [-0.15, -0.1) is 0 Å². The third kappa shape index (κ3) is 5.35. The molecule has 3 rings (SSSR count). The minimum atomic E-state index is -0.424. The zero-order chi connectivity index (χ0) is 21.0. The maximum atomic E-state index is 12.6. The van der Waals surface area contributed by atoms with Gasteiger partial charge in [-0.05, 0) is 55.0 Å². The van der Waals surface area contributed by atoms with E-state index in [2.05, 4.69) is 21.2 Å². The summed E-state index contributed by atoms with van der Waals surface area (Å²) in [5.74, 6) is -0.524. The second-order valence-electron chi connectivity index (χ2n) is 6.92. The number of halogens is 1. The molecule has 1 atom stereocenters. The molecule has 29 heavy (non-hydrogen) atoms. The zero-order valence-corrected chi connectivity index (χ0v) is 17.6. The van der Waals surface area contributed by atoms with Crippen LogP contribution in [0.2, 0.25) is 0 Å². The van der Waals surface area contributed by atoms with Crippen LogP contribution in [0.25, 0.3) is 0 Å². The lowest BCUT2D eigenvalue weighted by atomic mass is 10.1. The van der Waals surface area contributed by atoms with Crippen LogP contribution in [0.15, 0.2) is 46.9 Å². The van der Waals surface area contributed by atoms with Crippen molar-refractivity contribution in [1.82, 2.24) is 0 Å². The van der Waals surface area contributed by atoms with Gasteiger partial charge in [-0.1, -0.05) is 15.9 Å². The summed E-state index contributed by atoms with van der Waals surface area (Å²) in [5.41, 5.74) is 7.51. The average Bonchev–Trinajstić information content (AvgIpc) is 3.07. The number of carbonyl (C=O) groups is 3. The maximum Gasteiger partial charge on any atom is 0.229 e. The lowest BCUT2D eigenvalue weighted by Gasteiger charge is -2.18. The first-order chi connectivity index (χ1) is 13.8. The molecule has 3 amide bonds. The van der Waals surface area contributed by atoms with Gasteiger partial charge in [0.1, 0.15) is 5.75 Å². The molecule has 0 spiro atoms. The highest BCUT2D eigenvalue weighted by Crippen LogP contribution is 2.29. The maximum absolute atomic E-state index is 12.6. The first kappa shape index (κ1) is 20.9. The molecule has 1 aliphatic heterocycles. The third-order valence-electron chi connectivity index (χ3n) is 4.69. The lowest BCUT2D eigenvalue weighted by molar-refractivity contribution is -0.122. The van der Waals surface area contributed by atoms with E-state index in [0.717, 1.165) is 15.7 Å². The second-order valence-corrected chi connectivity index (χ2v) is 7.77. The van der Waals surface area contributed by atoms with Gasteiger partial charge in [0.2, 0.25) is 17.7 Å². The number of ether oxygens (including phenoxy) is 1. The van der Waals surface area contributed by atoms with E-state index in [-0.39, 0.29) is 31.3 Å². The number of nitrogens with zero attached hydrogens (tertiary/aromatic N) is 1. The van der Waals surface area contributed by atoms with Crippen LogP contribution in [0.1, 0.15) is 18.4 Å². The molecule has 3 N–H and O–H groups in total. The topological polar surface area (TPSA) is 102 Å². The average molecular weight is 460 g/mol. The summed E-state index contributed by atoms with van der Waals surface area (Å²) in [6.07, 6.45) is 0.317. The van der Waals surface area contributed by atoms with Gasteiger partial charge in [0.05, 0.1) is 18.9 Å². The summed E-state index contributed by atoms with van der Waals surface area (Å²) in [7, 11) is 0. The molecule has 0 aromatic heterocycles. The molecule has 1 saturated heterocycles. The molecule has 0 aliphatic carbocycles. The van der Waals surface area contributed by atoms with Crippen molar-refractivity contribution >= 4 is 45.0 Å². The van der Waals surface area contributed by atoms with Crippen molar-refractivity contribution in [3.8, 4) is 5.75 Å². The molecule has 1 fully saturated rings. The number of benzene rings is 2. The Labute approximate surface area is 177 Å². The Balaban J connectivity index is 1.57. The first-order valence-corrected chi connectivity index (χ1v) is 10.0. The van der Waals surface area contributed by atoms with Gasteiger partial charge in [0.25, 0.3) is 0 Å². The largest absolute Gasteiger partial charge is 0.493 e. The monoisotopic (exact) mass is 459 g/mol. The van der Waals surface area contributed by atoms with Crippen molar-refractivity contribution in [2.45, 2.75) is 19.8 Å². The minimum absolute atomic E-state index is 0.0647. The summed E-state index contributed by atoms with van der Waals surface area (Å²) < 4.78 is 6.38. The number of primary amides is 1. The third-order valence-corrected chi connectivity index (χ3v) is 5.58. The van der Waals surface area contributed by atoms with Gasteiger partial charge in [0, 0.05) is 28.8 Å². The van der Waals surface area contributed by atoms with Crippen molar-refractivity contribution in [2.24, 2.45) is 11.7 Å². The zero-order valence-electron chi connectivity index (χ0n) is 16.0. The molecule has 2 aromatic rings. The Hall–Kier alpha value is -2.87. The number of hydrogen-bond donors (Lipinski definition) is 2. The first-order valence-electron chi connectivity index (χ1n) is 9.22. The van der Waals surface area contributed by atoms with Crippen LogP contribution in [0.4, 0.5) is 11.4 Å². The van der Waals surface area contributed by atoms with Crippen molar-refractivity contribution in [3.63, 3.8) is 0 Å². The van der Waals surface area contributed by atoms with Crippen LogP contribution in [0.5, 0.6) is 5.75 Å². The fourth-order valence-electron chi connectivity index (χ4n) is 3.08. The number of carbonyl (C=O) groups excluding carboxylic acids is 3. The van der Waals surface area contributed by atoms with Crippen LogP contribution >= 0.6 is 15.9 Å². The predicted molar refractivity (Wildman–Crippen MR) is 114 cm³/mol. The summed E-state index contributed by atoms with van der Waals surface area (Å²) in [6.45, 7) is 2.51. The van der Waals surface area contributed by atoms with Gasteiger partial charge in [0.15, 0.2) is 0 Å². The predicted octanol–water partition coefficient (Wildman–Crippen LogP) is 3.00. The van der Waals surface area contributed by atoms with Gasteiger partial charge in [-0.3, -0.25) is 14.4 Å². The number of aryl methyl sites for hydroxylation is 1. The normalized spacial score (nSPS) is 16.0. The highest BCUT2D eigenvalue weighted by molar-refractivity contribution is 9.10. The molecule has 0 bridgehead atoms. The van der Waals surface area contributed by atoms with E-state index in [9.17, 15) is 14.4 Å². The Morgan fingerprint density at radius 2 is 1.97 bits per heavy atom. The Bertz CT molecular complexity index is 930. The van der Waals surface area contributed by atoms with E-state index in [4.69, 9.17) is 10.5 Å². The molecule has 7 nitrogen and oxygen atoms in total. The Kier molecular flexibility index (Phi) is 6.53. The lowest BCUT2D eigenvalue weighted by Crippen LogP contribution is -2.28. The molecule has 2 aromatic carbocycles. The molecule has 0 saturated carbocycles. The minimum Gasteiger partial charge on any atom is -0.493 e. The molecule has 1 heterocycles. The standard InChI is InChI=1S/C21H22BrN3O4/c1-13-10-16(4-7-18(13)22)25-12-14(11-20(25)27)21(28)24-15-2-5-17(6-3-15)29-9-8-19(23)26/h2-7,10,14H,8-9,11-12H2,1H3,(H2,23,26)(H,24,28). The number of nitrogens with two attached hydrogens (primary N) is 1. The fraction of sp³-hybridized carbons (Fsp3) is 0.286. The quantitative estimate of drug-likeness (QED) is 0.663. The number of hydrogen-bond acceptors (Lipinski definition) is 4. The molecule has 8 heteroatoms. The highest BCUT2D eigenvalue weighted by Gasteiger charge is 2.35. The van der Waals surface area contributed by atoms with E-state index in [0.29, 0.717) is 18.0 Å². The van der Waals surface area contributed by atoms with Crippen LogP contribution < -0.4 is 20.7 Å². The van der Waals surface area contributed by atoms with Crippen LogP contribution in [-0.2, 0) is 14.4 Å². The van der Waals surface area contributed by atoms with Crippen molar-refractivity contribution < 1.29 is 19.1 Å². The van der Waals surface area contributed by atoms with Crippen LogP contribution in [0.3, 0.4) is 0 Å². The van der Waals surface area contributed by atoms with Gasteiger partial charge < -0.3 is 20.7 Å². The summed E-state index contributed by atoms with van der Waals surface area (Å²) >= 11 is 3.45. The van der Waals surface area contributed by atoms with Gasteiger partial charge in [-0.2, -0.15) is 0 Å². The molecule has 1 unspecified atom stereocenters. The summed E-state index contributed by atoms with van der Waals surface area (Å²) in [5, 5.41) is 2.84. The molecule has 152 valence electrons. The molecular formula is C21H22BrN3O4. The van der Waals surface area contributed by atoms with Crippen molar-refractivity contribution in [3.05, 3.63) is 52.5 Å². The van der Waals surface area contributed by atoms with Gasteiger partial charge >= 0.3 is 0 Å². The number of nitrogens with one attached hydrogen (secondary N) is 1. The number of rotatable bonds is 7.